The Kier molecular flexibility index (Phi) is 2.61. The Labute approximate surface area is 83.8 Å². The van der Waals surface area contributed by atoms with Gasteiger partial charge in [-0.15, -0.1) is 0 Å². The molecule has 0 N–H and O–H groups in total. The summed E-state index contributed by atoms with van der Waals surface area (Å²) in [5.74, 6) is -1.43. The topological polar surface area (TPSA) is 34.1 Å². The van der Waals surface area contributed by atoms with E-state index in [1.807, 2.05) is 0 Å². The molecule has 0 radical (unpaired) electrons. The smallest absolute Gasteiger partial charge is 0.233 e. The third-order valence-corrected chi connectivity index (χ3v) is 1.90. The van der Waals surface area contributed by atoms with Crippen LogP contribution >= 0.6 is 34.8 Å². The Bertz CT molecular complexity index is 296. The monoisotopic (exact) mass is 224 g/mol. The van der Waals surface area contributed by atoms with E-state index in [-0.39, 0.29) is 5.57 Å². The average molecular weight is 225 g/mol. The van der Waals surface area contributed by atoms with Crippen molar-refractivity contribution in [3.63, 3.8) is 0 Å². The van der Waals surface area contributed by atoms with Gasteiger partial charge in [0.05, 0.1) is 5.57 Å². The highest BCUT2D eigenvalue weighted by atomic mass is 35.6. The summed E-state index contributed by atoms with van der Waals surface area (Å²) in [5.41, 5.74) is -0.111. The molecule has 0 amide bonds. The van der Waals surface area contributed by atoms with Gasteiger partial charge in [-0.2, -0.15) is 0 Å². The maximum Gasteiger partial charge on any atom is 0.233 e. The first-order valence-corrected chi connectivity index (χ1v) is 4.10. The van der Waals surface area contributed by atoms with Crippen LogP contribution in [0.25, 0.3) is 0 Å². The number of alkyl halides is 3. The number of Topliss-reactive ketones (excluding diaryl/α,β-unsaturated/α-hetero) is 1. The van der Waals surface area contributed by atoms with E-state index in [4.69, 9.17) is 34.8 Å². The molecule has 0 heterocycles. The van der Waals surface area contributed by atoms with Crippen LogP contribution in [0.4, 0.5) is 0 Å². The molecule has 0 saturated carbocycles. The zero-order valence-corrected chi connectivity index (χ0v) is 7.95. The summed E-state index contributed by atoms with van der Waals surface area (Å²) >= 11 is 16.3. The van der Waals surface area contributed by atoms with Crippen LogP contribution in [0.1, 0.15) is 0 Å². The first-order chi connectivity index (χ1) is 5.43. The van der Waals surface area contributed by atoms with Crippen LogP contribution in [0.15, 0.2) is 23.8 Å². The van der Waals surface area contributed by atoms with E-state index < -0.39 is 15.4 Å². The number of hydrogen-bond acceptors (Lipinski definition) is 2. The summed E-state index contributed by atoms with van der Waals surface area (Å²) in [6.07, 6.45) is 3.82. The zero-order chi connectivity index (χ0) is 9.35. The molecule has 5 heteroatoms. The van der Waals surface area contributed by atoms with Crippen molar-refractivity contribution >= 4 is 46.4 Å². The minimum absolute atomic E-state index is 0.111. The molecule has 12 heavy (non-hydrogen) atoms. The van der Waals surface area contributed by atoms with Gasteiger partial charge in [-0.1, -0.05) is 47.0 Å². The van der Waals surface area contributed by atoms with Gasteiger partial charge in [-0.3, -0.25) is 9.59 Å². The number of carbonyl (C=O) groups is 2. The molecular formula is C7H3Cl3O2. The van der Waals surface area contributed by atoms with Crippen molar-refractivity contribution in [3.05, 3.63) is 23.8 Å². The van der Waals surface area contributed by atoms with Crippen LogP contribution in [-0.2, 0) is 9.59 Å². The second-order valence-corrected chi connectivity index (χ2v) is 4.41. The van der Waals surface area contributed by atoms with E-state index in [1.165, 1.54) is 12.2 Å². The summed E-state index contributed by atoms with van der Waals surface area (Å²) in [5, 5.41) is 0. The number of ketones is 2. The summed E-state index contributed by atoms with van der Waals surface area (Å²) in [7, 11) is 0. The molecule has 0 spiro atoms. The molecule has 64 valence electrons. The number of allylic oxidation sites excluding steroid dienone is 4. The van der Waals surface area contributed by atoms with Gasteiger partial charge in [0, 0.05) is 0 Å². The normalized spacial score (nSPS) is 18.1. The van der Waals surface area contributed by atoms with Crippen LogP contribution in [0.3, 0.4) is 0 Å². The van der Waals surface area contributed by atoms with E-state index in [2.05, 4.69) is 0 Å². The van der Waals surface area contributed by atoms with Crippen molar-refractivity contribution < 1.29 is 9.59 Å². The predicted octanol–water partition coefficient (Wildman–Crippen LogP) is 1.99. The molecule has 0 unspecified atom stereocenters. The SMILES string of the molecule is O=C1C=CC=C(C(Cl)(Cl)Cl)C1=O. The second-order valence-electron chi connectivity index (χ2n) is 2.13. The molecule has 0 atom stereocenters. The van der Waals surface area contributed by atoms with Crippen LogP contribution < -0.4 is 0 Å². The summed E-state index contributed by atoms with van der Waals surface area (Å²) in [6.45, 7) is 0. The van der Waals surface area contributed by atoms with Crippen molar-refractivity contribution in [2.45, 2.75) is 3.79 Å². The molecule has 0 aromatic heterocycles. The molecular weight excluding hydrogens is 222 g/mol. The van der Waals surface area contributed by atoms with Gasteiger partial charge < -0.3 is 0 Å². The molecule has 0 aliphatic heterocycles. The Morgan fingerprint density at radius 3 is 2.17 bits per heavy atom. The maximum absolute atomic E-state index is 11.0. The Balaban J connectivity index is 3.07. The highest BCUT2D eigenvalue weighted by molar-refractivity contribution is 6.73. The lowest BCUT2D eigenvalue weighted by Crippen LogP contribution is -2.24. The third-order valence-electron chi connectivity index (χ3n) is 1.28. The van der Waals surface area contributed by atoms with Crippen LogP contribution in [0.5, 0.6) is 0 Å². The fraction of sp³-hybridized carbons (Fsp3) is 0.143. The van der Waals surface area contributed by atoms with Crippen molar-refractivity contribution in [3.8, 4) is 0 Å². The number of hydrogen-bond donors (Lipinski definition) is 0. The van der Waals surface area contributed by atoms with Crippen LogP contribution in [-0.4, -0.2) is 15.4 Å². The molecule has 0 aromatic carbocycles. The Morgan fingerprint density at radius 1 is 1.17 bits per heavy atom. The van der Waals surface area contributed by atoms with E-state index in [0.717, 1.165) is 6.08 Å². The molecule has 0 bridgehead atoms. The predicted molar refractivity (Wildman–Crippen MR) is 47.5 cm³/mol. The molecule has 0 saturated heterocycles. The van der Waals surface area contributed by atoms with Gasteiger partial charge >= 0.3 is 0 Å². The van der Waals surface area contributed by atoms with Crippen LogP contribution in [0, 0.1) is 0 Å². The highest BCUT2D eigenvalue weighted by Crippen LogP contribution is 2.36. The summed E-state index contributed by atoms with van der Waals surface area (Å²) in [6, 6.07) is 0. The Hall–Kier alpha value is -0.310. The molecule has 1 aliphatic rings. The lowest BCUT2D eigenvalue weighted by atomic mass is 10.0. The molecule has 0 aromatic rings. The minimum atomic E-state index is -1.82. The van der Waals surface area contributed by atoms with Gasteiger partial charge in [0.25, 0.3) is 0 Å². The zero-order valence-electron chi connectivity index (χ0n) is 5.68. The third kappa shape index (κ3) is 1.89. The largest absolute Gasteiger partial charge is 0.286 e. The van der Waals surface area contributed by atoms with Crippen molar-refractivity contribution in [1.29, 1.82) is 0 Å². The molecule has 0 fully saturated rings. The number of rotatable bonds is 0. The highest BCUT2D eigenvalue weighted by Gasteiger charge is 2.34. The average Bonchev–Trinajstić information content (AvgIpc) is 1.92. The van der Waals surface area contributed by atoms with Crippen molar-refractivity contribution in [2.75, 3.05) is 0 Å². The summed E-state index contributed by atoms with van der Waals surface area (Å²) < 4.78 is -1.82. The molecule has 1 aliphatic carbocycles. The van der Waals surface area contributed by atoms with Gasteiger partial charge in [0.15, 0.2) is 0 Å². The molecule has 2 nitrogen and oxygen atoms in total. The first kappa shape index (κ1) is 9.78. The minimum Gasteiger partial charge on any atom is -0.286 e. The quantitative estimate of drug-likeness (QED) is 0.359. The fourth-order valence-corrected chi connectivity index (χ4v) is 1.19. The Morgan fingerprint density at radius 2 is 1.75 bits per heavy atom. The van der Waals surface area contributed by atoms with E-state index in [0.29, 0.717) is 0 Å². The van der Waals surface area contributed by atoms with Gasteiger partial charge in [-0.05, 0) is 6.08 Å². The van der Waals surface area contributed by atoms with Gasteiger partial charge in [0.2, 0.25) is 15.4 Å². The maximum atomic E-state index is 11.0. The van der Waals surface area contributed by atoms with E-state index >= 15 is 0 Å². The van der Waals surface area contributed by atoms with Crippen LogP contribution in [0.2, 0.25) is 0 Å². The van der Waals surface area contributed by atoms with E-state index in [1.54, 1.807) is 0 Å². The van der Waals surface area contributed by atoms with Gasteiger partial charge in [-0.25, -0.2) is 0 Å². The van der Waals surface area contributed by atoms with Crippen molar-refractivity contribution in [1.82, 2.24) is 0 Å². The van der Waals surface area contributed by atoms with Gasteiger partial charge in [0.1, 0.15) is 0 Å². The number of carbonyl (C=O) groups excluding carboxylic acids is 2. The standard InChI is InChI=1S/C7H3Cl3O2/c8-7(9,10)4-2-1-3-5(11)6(4)12/h1-3H. The number of halogens is 3. The van der Waals surface area contributed by atoms with E-state index in [9.17, 15) is 9.59 Å². The first-order valence-electron chi connectivity index (χ1n) is 2.97. The lowest BCUT2D eigenvalue weighted by molar-refractivity contribution is -0.131. The fourth-order valence-electron chi connectivity index (χ4n) is 0.739. The molecule has 1 rings (SSSR count). The van der Waals surface area contributed by atoms with Crippen molar-refractivity contribution in [2.24, 2.45) is 0 Å². The summed E-state index contributed by atoms with van der Waals surface area (Å²) in [4.78, 5) is 21.8. The lowest BCUT2D eigenvalue weighted by Gasteiger charge is -2.14. The second kappa shape index (κ2) is 3.21.